The fourth-order valence-electron chi connectivity index (χ4n) is 1.58. The smallest absolute Gasteiger partial charge is 0.437 e. The van der Waals surface area contributed by atoms with E-state index >= 15 is 0 Å². The van der Waals surface area contributed by atoms with Crippen molar-refractivity contribution < 1.29 is 13.9 Å². The molecule has 19 heavy (non-hydrogen) atoms. The Balaban J connectivity index is 2.10. The van der Waals surface area contributed by atoms with E-state index in [2.05, 4.69) is 5.10 Å². The molecule has 0 atom stereocenters. The normalized spacial score (nSPS) is 10.4. The van der Waals surface area contributed by atoms with Gasteiger partial charge in [-0.25, -0.2) is 4.79 Å². The standard InChI is InChI=1S/C13H14N2O4/c1-2-18-11(16)8-9-15-13(17)19-12(14-15)10-6-4-3-5-7-10/h3-7H,2,8-9H2,1H3. The fourth-order valence-corrected chi connectivity index (χ4v) is 1.58. The van der Waals surface area contributed by atoms with Gasteiger partial charge in [-0.05, 0) is 19.1 Å². The fraction of sp³-hybridized carbons (Fsp3) is 0.308. The third-order valence-electron chi connectivity index (χ3n) is 2.46. The highest BCUT2D eigenvalue weighted by Crippen LogP contribution is 2.13. The Labute approximate surface area is 109 Å². The number of rotatable bonds is 5. The molecule has 1 heterocycles. The van der Waals surface area contributed by atoms with Crippen LogP contribution in [-0.4, -0.2) is 22.4 Å². The van der Waals surface area contributed by atoms with Crippen molar-refractivity contribution in [3.8, 4) is 11.5 Å². The summed E-state index contributed by atoms with van der Waals surface area (Å²) in [6.45, 7) is 2.20. The van der Waals surface area contributed by atoms with Crippen molar-refractivity contribution >= 4 is 5.97 Å². The van der Waals surface area contributed by atoms with Crippen molar-refractivity contribution in [1.82, 2.24) is 9.78 Å². The van der Waals surface area contributed by atoms with Gasteiger partial charge in [0.1, 0.15) is 0 Å². The van der Waals surface area contributed by atoms with Crippen LogP contribution in [0.5, 0.6) is 0 Å². The molecule has 6 heteroatoms. The van der Waals surface area contributed by atoms with Crippen LogP contribution in [-0.2, 0) is 16.1 Å². The van der Waals surface area contributed by atoms with E-state index in [4.69, 9.17) is 9.15 Å². The number of esters is 1. The maximum atomic E-state index is 11.6. The van der Waals surface area contributed by atoms with E-state index in [0.717, 1.165) is 10.2 Å². The van der Waals surface area contributed by atoms with Crippen LogP contribution in [0.1, 0.15) is 13.3 Å². The maximum Gasteiger partial charge on any atom is 0.437 e. The molecule has 0 saturated carbocycles. The number of carbonyl (C=O) groups excluding carboxylic acids is 1. The Kier molecular flexibility index (Phi) is 4.12. The number of benzene rings is 1. The molecule has 0 amide bonds. The molecule has 0 radical (unpaired) electrons. The SMILES string of the molecule is CCOC(=O)CCn1nc(-c2ccccc2)oc1=O. The van der Waals surface area contributed by atoms with E-state index in [0.29, 0.717) is 6.61 Å². The minimum atomic E-state index is -0.580. The van der Waals surface area contributed by atoms with Crippen molar-refractivity contribution in [3.05, 3.63) is 40.9 Å². The third-order valence-corrected chi connectivity index (χ3v) is 2.46. The second-order valence-electron chi connectivity index (χ2n) is 3.82. The first kappa shape index (κ1) is 13.1. The topological polar surface area (TPSA) is 74.3 Å². The molecule has 0 fully saturated rings. The number of hydrogen-bond donors (Lipinski definition) is 0. The molecular weight excluding hydrogens is 248 g/mol. The number of hydrogen-bond acceptors (Lipinski definition) is 5. The van der Waals surface area contributed by atoms with Gasteiger partial charge in [-0.2, -0.15) is 4.68 Å². The first-order chi connectivity index (χ1) is 9.20. The Morgan fingerprint density at radius 3 is 2.79 bits per heavy atom. The quantitative estimate of drug-likeness (QED) is 0.762. The van der Waals surface area contributed by atoms with Crippen LogP contribution in [0.3, 0.4) is 0 Å². The molecule has 0 aliphatic rings. The predicted molar refractivity (Wildman–Crippen MR) is 67.4 cm³/mol. The van der Waals surface area contributed by atoms with E-state index in [9.17, 15) is 9.59 Å². The summed E-state index contributed by atoms with van der Waals surface area (Å²) in [7, 11) is 0. The van der Waals surface area contributed by atoms with Gasteiger partial charge in [0.15, 0.2) is 0 Å². The van der Waals surface area contributed by atoms with Crippen LogP contribution in [0.4, 0.5) is 0 Å². The summed E-state index contributed by atoms with van der Waals surface area (Å²) in [5.74, 6) is -0.698. The number of ether oxygens (including phenoxy) is 1. The lowest BCUT2D eigenvalue weighted by atomic mass is 10.2. The summed E-state index contributed by atoms with van der Waals surface area (Å²) < 4.78 is 10.9. The van der Waals surface area contributed by atoms with Crippen molar-refractivity contribution in [3.63, 3.8) is 0 Å². The second kappa shape index (κ2) is 5.99. The third kappa shape index (κ3) is 3.31. The van der Waals surface area contributed by atoms with Gasteiger partial charge < -0.3 is 9.15 Å². The molecule has 0 aliphatic carbocycles. The molecule has 0 aliphatic heterocycles. The van der Waals surface area contributed by atoms with Gasteiger partial charge in [0.05, 0.1) is 19.6 Å². The Morgan fingerprint density at radius 1 is 1.37 bits per heavy atom. The lowest BCUT2D eigenvalue weighted by Gasteiger charge is -1.99. The predicted octanol–water partition coefficient (Wildman–Crippen LogP) is 1.46. The lowest BCUT2D eigenvalue weighted by Crippen LogP contribution is -2.18. The first-order valence-electron chi connectivity index (χ1n) is 5.99. The molecule has 6 nitrogen and oxygen atoms in total. The summed E-state index contributed by atoms with van der Waals surface area (Å²) >= 11 is 0. The summed E-state index contributed by atoms with van der Waals surface area (Å²) in [5.41, 5.74) is 0.717. The zero-order chi connectivity index (χ0) is 13.7. The van der Waals surface area contributed by atoms with Gasteiger partial charge in [0.25, 0.3) is 0 Å². The maximum absolute atomic E-state index is 11.6. The van der Waals surface area contributed by atoms with Crippen LogP contribution in [0.15, 0.2) is 39.5 Å². The zero-order valence-electron chi connectivity index (χ0n) is 10.5. The molecule has 0 spiro atoms. The van der Waals surface area contributed by atoms with E-state index in [1.807, 2.05) is 18.2 Å². The van der Waals surface area contributed by atoms with E-state index in [-0.39, 0.29) is 24.8 Å². The van der Waals surface area contributed by atoms with Crippen molar-refractivity contribution in [2.45, 2.75) is 19.9 Å². The summed E-state index contributed by atoms with van der Waals surface area (Å²) in [6, 6.07) is 9.10. The second-order valence-corrected chi connectivity index (χ2v) is 3.82. The minimum absolute atomic E-state index is 0.0918. The summed E-state index contributed by atoms with van der Waals surface area (Å²) in [6.07, 6.45) is 0.0918. The molecule has 0 unspecified atom stereocenters. The van der Waals surface area contributed by atoms with Crippen LogP contribution in [0.2, 0.25) is 0 Å². The van der Waals surface area contributed by atoms with Gasteiger partial charge in [0.2, 0.25) is 5.89 Å². The Bertz CT molecular complexity index is 601. The van der Waals surface area contributed by atoms with Crippen LogP contribution in [0.25, 0.3) is 11.5 Å². The molecule has 1 aromatic heterocycles. The monoisotopic (exact) mass is 262 g/mol. The Hall–Kier alpha value is -2.37. The van der Waals surface area contributed by atoms with Crippen molar-refractivity contribution in [2.75, 3.05) is 6.61 Å². The number of carbonyl (C=O) groups is 1. The average molecular weight is 262 g/mol. The average Bonchev–Trinajstić information content (AvgIpc) is 2.79. The minimum Gasteiger partial charge on any atom is -0.466 e. The van der Waals surface area contributed by atoms with E-state index < -0.39 is 5.76 Å². The number of aromatic nitrogens is 2. The molecule has 2 rings (SSSR count). The van der Waals surface area contributed by atoms with Crippen molar-refractivity contribution in [1.29, 1.82) is 0 Å². The summed E-state index contributed by atoms with van der Waals surface area (Å²) in [5, 5.41) is 4.04. The van der Waals surface area contributed by atoms with Gasteiger partial charge >= 0.3 is 11.7 Å². The highest BCUT2D eigenvalue weighted by atomic mass is 16.5. The molecule has 100 valence electrons. The highest BCUT2D eigenvalue weighted by molar-refractivity contribution is 5.69. The molecule has 2 aromatic rings. The number of nitrogens with zero attached hydrogens (tertiary/aromatic N) is 2. The van der Waals surface area contributed by atoms with E-state index in [1.54, 1.807) is 19.1 Å². The summed E-state index contributed by atoms with van der Waals surface area (Å²) in [4.78, 5) is 22.8. The van der Waals surface area contributed by atoms with Gasteiger partial charge in [-0.3, -0.25) is 4.79 Å². The molecule has 1 aromatic carbocycles. The van der Waals surface area contributed by atoms with Crippen LogP contribution in [0, 0.1) is 0 Å². The molecular formula is C13H14N2O4. The lowest BCUT2D eigenvalue weighted by molar-refractivity contribution is -0.143. The van der Waals surface area contributed by atoms with Gasteiger partial charge in [-0.1, -0.05) is 18.2 Å². The molecule has 0 N–H and O–H groups in total. The largest absolute Gasteiger partial charge is 0.466 e. The van der Waals surface area contributed by atoms with E-state index in [1.165, 1.54) is 0 Å². The number of aryl methyl sites for hydroxylation is 1. The van der Waals surface area contributed by atoms with Gasteiger partial charge in [-0.15, -0.1) is 5.10 Å². The van der Waals surface area contributed by atoms with Gasteiger partial charge in [0, 0.05) is 5.56 Å². The first-order valence-corrected chi connectivity index (χ1v) is 5.99. The molecule has 0 saturated heterocycles. The van der Waals surface area contributed by atoms with Crippen molar-refractivity contribution in [2.24, 2.45) is 0 Å². The highest BCUT2D eigenvalue weighted by Gasteiger charge is 2.11. The zero-order valence-corrected chi connectivity index (χ0v) is 10.5. The van der Waals surface area contributed by atoms with Crippen LogP contribution < -0.4 is 5.76 Å². The Morgan fingerprint density at radius 2 is 2.11 bits per heavy atom. The molecule has 0 bridgehead atoms. The van der Waals surface area contributed by atoms with Crippen LogP contribution >= 0.6 is 0 Å².